The molecule has 2 aromatic carbocycles. The smallest absolute Gasteiger partial charge is 0.276 e. The molecular formula is C26H29N3O5. The lowest BCUT2D eigenvalue weighted by Gasteiger charge is -2.25. The van der Waals surface area contributed by atoms with Crippen molar-refractivity contribution < 1.29 is 23.6 Å². The zero-order valence-electron chi connectivity index (χ0n) is 19.5. The van der Waals surface area contributed by atoms with Gasteiger partial charge in [-0.15, -0.1) is 0 Å². The topological polar surface area (TPSA) is 85.1 Å². The molecule has 178 valence electrons. The number of aromatic nitrogens is 1. The Labute approximate surface area is 199 Å². The van der Waals surface area contributed by atoms with Crippen molar-refractivity contribution in [2.75, 3.05) is 33.3 Å². The van der Waals surface area contributed by atoms with E-state index in [-0.39, 0.29) is 36.7 Å². The van der Waals surface area contributed by atoms with E-state index in [4.69, 9.17) is 14.0 Å². The SMILES string of the molecule is COc1cccc(CO[C@@H]2CN(CCc3ccccc3)C(=O)CN(C(=O)c3cc(C)on3)C2)c1. The van der Waals surface area contributed by atoms with Crippen molar-refractivity contribution in [3.05, 3.63) is 83.2 Å². The van der Waals surface area contributed by atoms with Crippen LogP contribution >= 0.6 is 0 Å². The lowest BCUT2D eigenvalue weighted by atomic mass is 10.1. The number of amides is 2. The molecule has 0 spiro atoms. The summed E-state index contributed by atoms with van der Waals surface area (Å²) in [5, 5.41) is 3.83. The molecule has 0 bridgehead atoms. The van der Waals surface area contributed by atoms with Gasteiger partial charge in [-0.3, -0.25) is 9.59 Å². The van der Waals surface area contributed by atoms with E-state index < -0.39 is 0 Å². The predicted octanol–water partition coefficient (Wildman–Crippen LogP) is 3.10. The summed E-state index contributed by atoms with van der Waals surface area (Å²) in [4.78, 5) is 29.4. The molecule has 34 heavy (non-hydrogen) atoms. The van der Waals surface area contributed by atoms with Crippen LogP contribution < -0.4 is 4.74 Å². The maximum absolute atomic E-state index is 13.1. The highest BCUT2D eigenvalue weighted by molar-refractivity contribution is 5.95. The highest BCUT2D eigenvalue weighted by Gasteiger charge is 2.32. The second-order valence-electron chi connectivity index (χ2n) is 8.37. The first-order valence-corrected chi connectivity index (χ1v) is 11.3. The Morgan fingerprint density at radius 1 is 1.09 bits per heavy atom. The van der Waals surface area contributed by atoms with Crippen LogP contribution in [-0.4, -0.2) is 66.2 Å². The van der Waals surface area contributed by atoms with Crippen LogP contribution in [0, 0.1) is 6.92 Å². The minimum Gasteiger partial charge on any atom is -0.497 e. The summed E-state index contributed by atoms with van der Waals surface area (Å²) in [6, 6.07) is 19.3. The van der Waals surface area contributed by atoms with Gasteiger partial charge in [-0.1, -0.05) is 47.6 Å². The van der Waals surface area contributed by atoms with Crippen LogP contribution in [0.1, 0.15) is 27.4 Å². The fraction of sp³-hybridized carbons (Fsp3) is 0.346. The molecule has 1 aromatic heterocycles. The molecule has 1 aliphatic heterocycles. The van der Waals surface area contributed by atoms with E-state index in [0.29, 0.717) is 25.5 Å². The summed E-state index contributed by atoms with van der Waals surface area (Å²) >= 11 is 0. The molecular weight excluding hydrogens is 434 g/mol. The maximum atomic E-state index is 13.1. The van der Waals surface area contributed by atoms with E-state index in [1.54, 1.807) is 25.0 Å². The predicted molar refractivity (Wildman–Crippen MR) is 125 cm³/mol. The summed E-state index contributed by atoms with van der Waals surface area (Å²) in [7, 11) is 1.62. The van der Waals surface area contributed by atoms with Crippen LogP contribution in [0.15, 0.2) is 65.2 Å². The summed E-state index contributed by atoms with van der Waals surface area (Å²) in [6.45, 7) is 3.27. The Morgan fingerprint density at radius 3 is 2.62 bits per heavy atom. The molecule has 1 fully saturated rings. The van der Waals surface area contributed by atoms with Crippen LogP contribution in [0.25, 0.3) is 0 Å². The lowest BCUT2D eigenvalue weighted by Crippen LogP contribution is -2.40. The number of nitrogens with zero attached hydrogens (tertiary/aromatic N) is 3. The fourth-order valence-electron chi connectivity index (χ4n) is 3.97. The van der Waals surface area contributed by atoms with Gasteiger partial charge >= 0.3 is 0 Å². The van der Waals surface area contributed by atoms with Crippen LogP contribution in [0.3, 0.4) is 0 Å². The van der Waals surface area contributed by atoms with Crippen LogP contribution in [-0.2, 0) is 22.6 Å². The summed E-state index contributed by atoms with van der Waals surface area (Å²) in [6.07, 6.45) is 0.372. The third kappa shape index (κ3) is 6.02. The van der Waals surface area contributed by atoms with Gasteiger partial charge in [-0.25, -0.2) is 0 Å². The zero-order valence-corrected chi connectivity index (χ0v) is 19.5. The van der Waals surface area contributed by atoms with Gasteiger partial charge in [0.2, 0.25) is 5.91 Å². The van der Waals surface area contributed by atoms with Crippen LogP contribution in [0.2, 0.25) is 0 Å². The van der Waals surface area contributed by atoms with Crippen LogP contribution in [0.4, 0.5) is 0 Å². The summed E-state index contributed by atoms with van der Waals surface area (Å²) in [5.41, 5.74) is 2.30. The van der Waals surface area contributed by atoms with E-state index in [9.17, 15) is 9.59 Å². The van der Waals surface area contributed by atoms with Crippen molar-refractivity contribution in [1.29, 1.82) is 0 Å². The number of hydrogen-bond donors (Lipinski definition) is 0. The Hall–Kier alpha value is -3.65. The maximum Gasteiger partial charge on any atom is 0.276 e. The molecule has 0 radical (unpaired) electrons. The number of carbonyl (C=O) groups excluding carboxylic acids is 2. The van der Waals surface area contributed by atoms with Gasteiger partial charge < -0.3 is 23.8 Å². The number of carbonyl (C=O) groups is 2. The summed E-state index contributed by atoms with van der Waals surface area (Å²) < 4.78 is 16.6. The molecule has 0 unspecified atom stereocenters. The van der Waals surface area contributed by atoms with Crippen molar-refractivity contribution in [3.63, 3.8) is 0 Å². The highest BCUT2D eigenvalue weighted by Crippen LogP contribution is 2.17. The molecule has 2 heterocycles. The van der Waals surface area contributed by atoms with Gasteiger partial charge in [0.1, 0.15) is 18.1 Å². The number of benzene rings is 2. The Bertz CT molecular complexity index is 1110. The normalized spacial score (nSPS) is 16.4. The zero-order chi connectivity index (χ0) is 23.9. The number of ether oxygens (including phenoxy) is 2. The molecule has 1 atom stereocenters. The minimum atomic E-state index is -0.356. The number of aryl methyl sites for hydroxylation is 1. The molecule has 1 aliphatic rings. The quantitative estimate of drug-likeness (QED) is 0.510. The molecule has 4 rings (SSSR count). The molecule has 1 saturated heterocycles. The highest BCUT2D eigenvalue weighted by atomic mass is 16.5. The molecule has 0 aliphatic carbocycles. The van der Waals surface area contributed by atoms with E-state index in [1.807, 2.05) is 54.6 Å². The number of hydrogen-bond acceptors (Lipinski definition) is 6. The first-order chi connectivity index (χ1) is 16.5. The first-order valence-electron chi connectivity index (χ1n) is 11.3. The standard InChI is InChI=1S/C26H29N3O5/c1-19-13-24(27-34-19)26(31)29-16-23(33-18-21-9-6-10-22(14-21)32-2)15-28(25(30)17-29)12-11-20-7-4-3-5-8-20/h3-10,13-14,23H,11-12,15-18H2,1-2H3/t23-/m1/s1. The Kier molecular flexibility index (Phi) is 7.59. The number of methoxy groups -OCH3 is 1. The van der Waals surface area contributed by atoms with Gasteiger partial charge in [-0.05, 0) is 36.6 Å². The van der Waals surface area contributed by atoms with Gasteiger partial charge in [0.05, 0.1) is 19.8 Å². The Balaban J connectivity index is 1.49. The van der Waals surface area contributed by atoms with E-state index in [0.717, 1.165) is 23.3 Å². The third-order valence-electron chi connectivity index (χ3n) is 5.79. The number of rotatable bonds is 8. The average Bonchev–Trinajstić information content (AvgIpc) is 3.23. The summed E-state index contributed by atoms with van der Waals surface area (Å²) in [5.74, 6) is 0.835. The molecule has 0 saturated carbocycles. The van der Waals surface area contributed by atoms with E-state index in [2.05, 4.69) is 5.16 Å². The minimum absolute atomic E-state index is 0.0292. The molecule has 0 N–H and O–H groups in total. The fourth-order valence-corrected chi connectivity index (χ4v) is 3.97. The molecule has 8 heteroatoms. The second kappa shape index (κ2) is 11.0. The monoisotopic (exact) mass is 463 g/mol. The lowest BCUT2D eigenvalue weighted by molar-refractivity contribution is -0.131. The van der Waals surface area contributed by atoms with Crippen molar-refractivity contribution in [2.24, 2.45) is 0 Å². The van der Waals surface area contributed by atoms with Gasteiger partial charge in [0.25, 0.3) is 5.91 Å². The van der Waals surface area contributed by atoms with Crippen molar-refractivity contribution in [3.8, 4) is 5.75 Å². The molecule has 2 amide bonds. The second-order valence-corrected chi connectivity index (χ2v) is 8.37. The van der Waals surface area contributed by atoms with Gasteiger partial charge in [-0.2, -0.15) is 0 Å². The van der Waals surface area contributed by atoms with Gasteiger partial charge in [0.15, 0.2) is 5.69 Å². The third-order valence-corrected chi connectivity index (χ3v) is 5.79. The molecule has 8 nitrogen and oxygen atoms in total. The van der Waals surface area contributed by atoms with Gasteiger partial charge in [0, 0.05) is 25.7 Å². The van der Waals surface area contributed by atoms with Crippen molar-refractivity contribution in [2.45, 2.75) is 26.1 Å². The van der Waals surface area contributed by atoms with Crippen molar-refractivity contribution >= 4 is 11.8 Å². The molecule has 3 aromatic rings. The van der Waals surface area contributed by atoms with E-state index in [1.165, 1.54) is 4.90 Å². The van der Waals surface area contributed by atoms with Crippen molar-refractivity contribution in [1.82, 2.24) is 15.0 Å². The Morgan fingerprint density at radius 2 is 1.88 bits per heavy atom. The first kappa shape index (κ1) is 23.5. The van der Waals surface area contributed by atoms with Crippen LogP contribution in [0.5, 0.6) is 5.75 Å². The van der Waals surface area contributed by atoms with E-state index >= 15 is 0 Å². The largest absolute Gasteiger partial charge is 0.497 e. The average molecular weight is 464 g/mol.